The predicted molar refractivity (Wildman–Crippen MR) is 125 cm³/mol. The average molecular weight is 443 g/mol. The van der Waals surface area contributed by atoms with Gasteiger partial charge in [-0.1, -0.05) is 43.1 Å². The van der Waals surface area contributed by atoms with Crippen LogP contribution in [0.3, 0.4) is 0 Å². The minimum atomic E-state index is 0.0409. The molecule has 3 nitrogen and oxygen atoms in total. The summed E-state index contributed by atoms with van der Waals surface area (Å²) in [4.78, 5) is 5.94. The lowest BCUT2D eigenvalue weighted by atomic mass is 9.82. The van der Waals surface area contributed by atoms with Gasteiger partial charge < -0.3 is 14.6 Å². The van der Waals surface area contributed by atoms with Gasteiger partial charge in [0.2, 0.25) is 0 Å². The highest BCUT2D eigenvalue weighted by Crippen LogP contribution is 2.46. The number of likely N-dealkylation sites (tertiary alicyclic amines) is 1. The molecular weight excluding hydrogens is 415 g/mol. The van der Waals surface area contributed by atoms with Crippen LogP contribution in [-0.2, 0) is 11.8 Å². The molecule has 0 amide bonds. The van der Waals surface area contributed by atoms with Crippen LogP contribution in [0.5, 0.6) is 5.75 Å². The summed E-state index contributed by atoms with van der Waals surface area (Å²) in [5.41, 5.74) is 5.11. The zero-order chi connectivity index (χ0) is 20.9. The first-order valence-corrected chi connectivity index (χ1v) is 11.6. The van der Waals surface area contributed by atoms with Crippen LogP contribution in [0, 0.1) is 0 Å². The van der Waals surface area contributed by atoms with Gasteiger partial charge in [0.05, 0.1) is 6.61 Å². The molecule has 0 atom stereocenters. The van der Waals surface area contributed by atoms with E-state index in [0.717, 1.165) is 66.8 Å². The molecule has 1 saturated heterocycles. The van der Waals surface area contributed by atoms with Gasteiger partial charge in [0.1, 0.15) is 5.75 Å². The van der Waals surface area contributed by atoms with Crippen molar-refractivity contribution in [3.63, 3.8) is 0 Å². The van der Waals surface area contributed by atoms with Gasteiger partial charge in [0.15, 0.2) is 0 Å². The zero-order valence-electron chi connectivity index (χ0n) is 17.6. The van der Waals surface area contributed by atoms with Crippen LogP contribution in [0.2, 0.25) is 10.0 Å². The van der Waals surface area contributed by atoms with E-state index in [9.17, 15) is 0 Å². The van der Waals surface area contributed by atoms with Crippen LogP contribution in [0.1, 0.15) is 49.3 Å². The number of nitrogens with zero attached hydrogens (tertiary/aromatic N) is 1. The van der Waals surface area contributed by atoms with Crippen LogP contribution < -0.4 is 4.74 Å². The van der Waals surface area contributed by atoms with Crippen molar-refractivity contribution < 1.29 is 4.74 Å². The Balaban J connectivity index is 1.24. The van der Waals surface area contributed by atoms with Crippen molar-refractivity contribution in [2.75, 3.05) is 26.2 Å². The first-order valence-electron chi connectivity index (χ1n) is 10.9. The van der Waals surface area contributed by atoms with E-state index in [1.54, 1.807) is 0 Å². The van der Waals surface area contributed by atoms with E-state index in [1.807, 2.05) is 12.1 Å². The smallest absolute Gasteiger partial charge is 0.126 e. The summed E-state index contributed by atoms with van der Waals surface area (Å²) in [5, 5.41) is 2.89. The summed E-state index contributed by atoms with van der Waals surface area (Å²) in [6.45, 7) is 8.53. The number of ether oxygens (including phenoxy) is 1. The highest BCUT2D eigenvalue weighted by molar-refractivity contribution is 6.31. The number of hydrogen-bond donors (Lipinski definition) is 1. The number of piperidine rings is 1. The second-order valence-electron chi connectivity index (χ2n) is 9.41. The van der Waals surface area contributed by atoms with Crippen molar-refractivity contribution in [3.8, 4) is 5.75 Å². The Morgan fingerprint density at radius 2 is 1.90 bits per heavy atom. The molecule has 3 aromatic rings. The standard InChI is InChI=1S/C25H28Cl2N2O/c1-25(2)15-30-24-21(11-19(27)12-22(24)25)16-5-8-29(9-6-16)10-7-17-14-28-23-13-18(26)3-4-20(17)23/h3-4,11-14,16,28H,5-10,15H2,1-2H3. The molecule has 158 valence electrons. The molecule has 0 radical (unpaired) electrons. The van der Waals surface area contributed by atoms with Crippen LogP contribution in [0.15, 0.2) is 36.5 Å². The summed E-state index contributed by atoms with van der Waals surface area (Å²) >= 11 is 12.6. The Morgan fingerprint density at radius 1 is 1.10 bits per heavy atom. The minimum Gasteiger partial charge on any atom is -0.492 e. The Morgan fingerprint density at radius 3 is 2.70 bits per heavy atom. The lowest BCUT2D eigenvalue weighted by molar-refractivity contribution is 0.212. The zero-order valence-corrected chi connectivity index (χ0v) is 19.1. The molecule has 2 aromatic carbocycles. The number of aromatic amines is 1. The third-order valence-corrected chi connectivity index (χ3v) is 7.30. The molecule has 5 heteroatoms. The van der Waals surface area contributed by atoms with Gasteiger partial charge in [-0.05, 0) is 73.7 Å². The molecule has 0 spiro atoms. The van der Waals surface area contributed by atoms with Gasteiger partial charge in [0, 0.05) is 44.7 Å². The van der Waals surface area contributed by atoms with Crippen molar-refractivity contribution in [2.24, 2.45) is 0 Å². The molecule has 2 aliphatic rings. The summed E-state index contributed by atoms with van der Waals surface area (Å²) in [5.74, 6) is 1.62. The molecule has 5 rings (SSSR count). The second-order valence-corrected chi connectivity index (χ2v) is 10.3. The van der Waals surface area contributed by atoms with Crippen LogP contribution in [0.25, 0.3) is 10.9 Å². The van der Waals surface area contributed by atoms with E-state index in [4.69, 9.17) is 27.9 Å². The molecule has 0 unspecified atom stereocenters. The van der Waals surface area contributed by atoms with Crippen molar-refractivity contribution in [1.29, 1.82) is 0 Å². The fraction of sp³-hybridized carbons (Fsp3) is 0.440. The number of fused-ring (bicyclic) bond motifs is 2. The van der Waals surface area contributed by atoms with Crippen molar-refractivity contribution >= 4 is 34.1 Å². The molecule has 1 aromatic heterocycles. The van der Waals surface area contributed by atoms with Gasteiger partial charge in [0.25, 0.3) is 0 Å². The predicted octanol–water partition coefficient (Wildman–Crippen LogP) is 6.57. The van der Waals surface area contributed by atoms with Crippen molar-refractivity contribution in [2.45, 2.75) is 44.4 Å². The molecule has 1 N–H and O–H groups in total. The molecule has 30 heavy (non-hydrogen) atoms. The van der Waals surface area contributed by atoms with Gasteiger partial charge in [-0.3, -0.25) is 0 Å². The maximum atomic E-state index is 6.49. The van der Waals surface area contributed by atoms with E-state index in [2.05, 4.69) is 48.1 Å². The summed E-state index contributed by atoms with van der Waals surface area (Å²) < 4.78 is 6.14. The first-order chi connectivity index (χ1) is 14.4. The van der Waals surface area contributed by atoms with Crippen molar-refractivity contribution in [1.82, 2.24) is 9.88 Å². The highest BCUT2D eigenvalue weighted by atomic mass is 35.5. The fourth-order valence-electron chi connectivity index (χ4n) is 5.02. The number of nitrogens with one attached hydrogen (secondary N) is 1. The second kappa shape index (κ2) is 7.78. The van der Waals surface area contributed by atoms with E-state index < -0.39 is 0 Å². The quantitative estimate of drug-likeness (QED) is 0.494. The SMILES string of the molecule is CC1(C)COc2c(C3CCN(CCc4c[nH]c5cc(Cl)ccc45)CC3)cc(Cl)cc21. The number of benzene rings is 2. The topological polar surface area (TPSA) is 28.3 Å². The largest absolute Gasteiger partial charge is 0.492 e. The van der Waals surface area contributed by atoms with Crippen molar-refractivity contribution in [3.05, 3.63) is 63.3 Å². The lowest BCUT2D eigenvalue weighted by Crippen LogP contribution is -2.34. The maximum Gasteiger partial charge on any atom is 0.126 e. The number of aromatic nitrogens is 1. The average Bonchev–Trinajstić information content (AvgIpc) is 3.26. The van der Waals surface area contributed by atoms with E-state index in [-0.39, 0.29) is 5.41 Å². The summed E-state index contributed by atoms with van der Waals surface area (Å²) in [6.07, 6.45) is 5.48. The maximum absolute atomic E-state index is 6.49. The minimum absolute atomic E-state index is 0.0409. The molecule has 1 fully saturated rings. The van der Waals surface area contributed by atoms with Gasteiger partial charge in [-0.15, -0.1) is 0 Å². The Labute approximate surface area is 188 Å². The lowest BCUT2D eigenvalue weighted by Gasteiger charge is -2.33. The monoisotopic (exact) mass is 442 g/mol. The summed E-state index contributed by atoms with van der Waals surface area (Å²) in [6, 6.07) is 10.3. The molecule has 2 aliphatic heterocycles. The Kier molecular flexibility index (Phi) is 5.25. The number of hydrogen-bond acceptors (Lipinski definition) is 2. The fourth-order valence-corrected chi connectivity index (χ4v) is 5.42. The highest BCUT2D eigenvalue weighted by Gasteiger charge is 2.36. The third kappa shape index (κ3) is 3.72. The van der Waals surface area contributed by atoms with E-state index in [1.165, 1.54) is 22.1 Å². The normalized spacial score (nSPS) is 19.2. The van der Waals surface area contributed by atoms with E-state index >= 15 is 0 Å². The molecule has 0 bridgehead atoms. The van der Waals surface area contributed by atoms with E-state index in [0.29, 0.717) is 5.92 Å². The number of rotatable bonds is 4. The molecule has 3 heterocycles. The van der Waals surface area contributed by atoms with Gasteiger partial charge in [-0.25, -0.2) is 0 Å². The van der Waals surface area contributed by atoms with Gasteiger partial charge in [-0.2, -0.15) is 0 Å². The molecule has 0 saturated carbocycles. The van der Waals surface area contributed by atoms with Crippen LogP contribution >= 0.6 is 23.2 Å². The molecule has 0 aliphatic carbocycles. The van der Waals surface area contributed by atoms with Crippen LogP contribution in [0.4, 0.5) is 0 Å². The first kappa shape index (κ1) is 20.2. The van der Waals surface area contributed by atoms with Crippen LogP contribution in [-0.4, -0.2) is 36.1 Å². The number of halogens is 2. The summed E-state index contributed by atoms with van der Waals surface area (Å²) in [7, 11) is 0. The third-order valence-electron chi connectivity index (χ3n) is 6.84. The van der Waals surface area contributed by atoms with Gasteiger partial charge >= 0.3 is 0 Å². The Bertz CT molecular complexity index is 1080. The Hall–Kier alpha value is -1.68. The number of H-pyrrole nitrogens is 1. The molecular formula is C25H28Cl2N2O.